The zero-order valence-electron chi connectivity index (χ0n) is 15.6. The maximum absolute atomic E-state index is 14.3. The lowest BCUT2D eigenvalue weighted by Gasteiger charge is -2.32. The quantitative estimate of drug-likeness (QED) is 0.675. The van der Waals surface area contributed by atoms with Crippen LogP contribution in [0, 0.1) is 13.8 Å². The number of nitrogens with zero attached hydrogens (tertiary/aromatic N) is 3. The van der Waals surface area contributed by atoms with Crippen LogP contribution in [-0.2, 0) is 15.3 Å². The Morgan fingerprint density at radius 3 is 2.69 bits per heavy atom. The molecule has 152 valence electrons. The first-order valence-corrected chi connectivity index (χ1v) is 9.57. The van der Waals surface area contributed by atoms with Crippen LogP contribution in [0.25, 0.3) is 22.2 Å². The minimum absolute atomic E-state index is 0.0939. The minimum Gasteiger partial charge on any atom is -0.317 e. The van der Waals surface area contributed by atoms with E-state index < -0.39 is 23.7 Å². The predicted octanol–water partition coefficient (Wildman–Crippen LogP) is 3.47. The number of carbonyl (C=O) groups excluding carboxylic acids is 2. The number of halogens is 3. The van der Waals surface area contributed by atoms with Gasteiger partial charge in [0.15, 0.2) is 0 Å². The third kappa shape index (κ3) is 2.56. The van der Waals surface area contributed by atoms with Gasteiger partial charge < -0.3 is 5.32 Å². The van der Waals surface area contributed by atoms with Crippen molar-refractivity contribution in [3.8, 4) is 11.1 Å². The third-order valence-corrected chi connectivity index (χ3v) is 5.72. The van der Waals surface area contributed by atoms with Crippen LogP contribution in [0.3, 0.4) is 0 Å². The molecule has 0 aliphatic carbocycles. The Balaban J connectivity index is 2.10. The molecule has 11 heteroatoms. The van der Waals surface area contributed by atoms with E-state index in [2.05, 4.69) is 14.7 Å². The fourth-order valence-corrected chi connectivity index (χ4v) is 4.09. The summed E-state index contributed by atoms with van der Waals surface area (Å²) in [6, 6.07) is 1.54. The van der Waals surface area contributed by atoms with Crippen LogP contribution in [0.4, 0.5) is 19.1 Å². The summed E-state index contributed by atoms with van der Waals surface area (Å²) in [6.07, 6.45) is -3.69. The van der Waals surface area contributed by atoms with Gasteiger partial charge in [0.2, 0.25) is 11.9 Å². The molecule has 1 aliphatic rings. The van der Waals surface area contributed by atoms with E-state index in [-0.39, 0.29) is 17.9 Å². The van der Waals surface area contributed by atoms with Crippen LogP contribution in [0.15, 0.2) is 17.6 Å². The van der Waals surface area contributed by atoms with Gasteiger partial charge in [-0.15, -0.1) is 0 Å². The van der Waals surface area contributed by atoms with Gasteiger partial charge in [-0.2, -0.15) is 13.2 Å². The van der Waals surface area contributed by atoms with Crippen molar-refractivity contribution < 1.29 is 22.8 Å². The fourth-order valence-electron chi connectivity index (χ4n) is 3.57. The number of aromatic nitrogens is 3. The van der Waals surface area contributed by atoms with Gasteiger partial charge in [0.05, 0.1) is 11.0 Å². The topological polar surface area (TPSA) is 88.9 Å². The molecule has 4 rings (SSSR count). The number of hydrogen-bond acceptors (Lipinski definition) is 5. The van der Waals surface area contributed by atoms with Crippen molar-refractivity contribution in [3.05, 3.63) is 28.8 Å². The molecule has 0 radical (unpaired) electrons. The van der Waals surface area contributed by atoms with Gasteiger partial charge in [0, 0.05) is 29.1 Å². The molecule has 2 aromatic heterocycles. The van der Waals surface area contributed by atoms with Crippen molar-refractivity contribution in [1.82, 2.24) is 19.2 Å². The summed E-state index contributed by atoms with van der Waals surface area (Å²) in [6.45, 7) is 5.02. The van der Waals surface area contributed by atoms with Gasteiger partial charge >= 0.3 is 6.18 Å². The van der Waals surface area contributed by atoms with Gasteiger partial charge in [0.1, 0.15) is 0 Å². The maximum atomic E-state index is 14.3. The van der Waals surface area contributed by atoms with Crippen LogP contribution in [0.2, 0.25) is 0 Å². The number of imidazole rings is 1. The molecule has 1 atom stereocenters. The highest BCUT2D eigenvalue weighted by Crippen LogP contribution is 2.46. The molecule has 0 fully saturated rings. The first-order valence-electron chi connectivity index (χ1n) is 8.74. The van der Waals surface area contributed by atoms with Crippen LogP contribution < -0.4 is 10.6 Å². The lowest BCUT2D eigenvalue weighted by Crippen LogP contribution is -2.63. The summed E-state index contributed by atoms with van der Waals surface area (Å²) in [4.78, 5) is 28.8. The molecule has 0 saturated heterocycles. The highest BCUT2D eigenvalue weighted by atomic mass is 32.1. The van der Waals surface area contributed by atoms with Gasteiger partial charge in [-0.25, -0.2) is 9.36 Å². The number of fused-ring (bicyclic) bond motifs is 3. The molecule has 2 N–H and O–H groups in total. The van der Waals surface area contributed by atoms with E-state index in [0.29, 0.717) is 11.1 Å². The van der Waals surface area contributed by atoms with Gasteiger partial charge in [-0.3, -0.25) is 19.5 Å². The summed E-state index contributed by atoms with van der Waals surface area (Å²) in [5.41, 5.74) is 0.0479. The highest BCUT2D eigenvalue weighted by molar-refractivity contribution is 7.03. The van der Waals surface area contributed by atoms with Crippen molar-refractivity contribution in [1.29, 1.82) is 0 Å². The Morgan fingerprint density at radius 1 is 1.38 bits per heavy atom. The molecule has 1 aliphatic heterocycles. The summed E-state index contributed by atoms with van der Waals surface area (Å²) in [7, 11) is 0. The molecule has 0 saturated carbocycles. The van der Waals surface area contributed by atoms with E-state index in [4.69, 9.17) is 0 Å². The number of carbonyl (C=O) groups is 2. The molecular formula is C18H16F3N5O2S. The monoisotopic (exact) mass is 423 g/mol. The number of benzene rings is 1. The molecule has 2 amide bonds. The van der Waals surface area contributed by atoms with E-state index in [9.17, 15) is 22.8 Å². The van der Waals surface area contributed by atoms with Gasteiger partial charge in [-0.05, 0) is 42.6 Å². The minimum atomic E-state index is -5.09. The third-order valence-electron chi connectivity index (χ3n) is 5.13. The van der Waals surface area contributed by atoms with E-state index in [1.165, 1.54) is 18.5 Å². The first-order chi connectivity index (χ1) is 13.6. The summed E-state index contributed by atoms with van der Waals surface area (Å²) in [5, 5.41) is 5.86. The zero-order chi connectivity index (χ0) is 21.1. The molecule has 7 nitrogen and oxygen atoms in total. The molecule has 0 bridgehead atoms. The van der Waals surface area contributed by atoms with Crippen LogP contribution in [0.1, 0.15) is 24.5 Å². The number of amides is 2. The Hall–Kier alpha value is -2.95. The van der Waals surface area contributed by atoms with E-state index in [1.807, 2.05) is 12.2 Å². The second kappa shape index (κ2) is 6.28. The van der Waals surface area contributed by atoms with E-state index in [1.54, 1.807) is 24.6 Å². The number of rotatable bonds is 3. The molecule has 1 aromatic carbocycles. The lowest BCUT2D eigenvalue weighted by atomic mass is 9.97. The van der Waals surface area contributed by atoms with Crippen LogP contribution >= 0.6 is 11.5 Å². The number of hydrogen-bond donors (Lipinski definition) is 2. The largest absolute Gasteiger partial charge is 0.440 e. The summed E-state index contributed by atoms with van der Waals surface area (Å²) < 4.78 is 47.6. The average Bonchev–Trinajstić information content (AvgIpc) is 3.33. The van der Waals surface area contributed by atoms with E-state index in [0.717, 1.165) is 21.3 Å². The molecular weight excluding hydrogens is 407 g/mol. The van der Waals surface area contributed by atoms with Crippen LogP contribution in [0.5, 0.6) is 0 Å². The SMILES string of the molecule is CCC(=O)NC1(C(F)(F)F)C(=O)Nc2nc3c(-c4cnsc4)c(C)c(C)cc3n21. The van der Waals surface area contributed by atoms with Gasteiger partial charge in [-0.1, -0.05) is 6.92 Å². The Bertz CT molecular complexity index is 1150. The second-order valence-corrected chi connectivity index (χ2v) is 7.47. The van der Waals surface area contributed by atoms with Crippen molar-refractivity contribution in [2.75, 3.05) is 5.32 Å². The van der Waals surface area contributed by atoms with E-state index >= 15 is 0 Å². The average molecular weight is 423 g/mol. The predicted molar refractivity (Wildman–Crippen MR) is 101 cm³/mol. The second-order valence-electron chi connectivity index (χ2n) is 6.81. The smallest absolute Gasteiger partial charge is 0.317 e. The Labute approximate surface area is 167 Å². The Morgan fingerprint density at radius 2 is 2.10 bits per heavy atom. The summed E-state index contributed by atoms with van der Waals surface area (Å²) >= 11 is 1.21. The standard InChI is InChI=1S/C18H16F3N5O2S/c1-4-12(27)25-17(18(19,20)21)15(28)24-16-23-14-11(26(16)17)5-8(2)9(3)13(14)10-6-22-29-7-10/h5-7H,4H2,1-3H3,(H,25,27)(H,23,24,28). The molecule has 1 unspecified atom stereocenters. The highest BCUT2D eigenvalue weighted by Gasteiger charge is 2.67. The lowest BCUT2D eigenvalue weighted by molar-refractivity contribution is -0.217. The Kier molecular flexibility index (Phi) is 4.19. The van der Waals surface area contributed by atoms with Crippen molar-refractivity contribution in [2.45, 2.75) is 39.0 Å². The van der Waals surface area contributed by atoms with Crippen LogP contribution in [-0.4, -0.2) is 31.9 Å². The number of anilines is 1. The molecule has 29 heavy (non-hydrogen) atoms. The molecule has 3 aromatic rings. The first kappa shape index (κ1) is 19.4. The number of alkyl halides is 3. The molecule has 0 spiro atoms. The molecule has 3 heterocycles. The van der Waals surface area contributed by atoms with Gasteiger partial charge in [0.25, 0.3) is 11.6 Å². The van der Waals surface area contributed by atoms with Crippen molar-refractivity contribution in [2.24, 2.45) is 0 Å². The fraction of sp³-hybridized carbons (Fsp3) is 0.333. The number of aryl methyl sites for hydroxylation is 1. The van der Waals surface area contributed by atoms with Crippen molar-refractivity contribution >= 4 is 40.3 Å². The maximum Gasteiger partial charge on any atom is 0.440 e. The summed E-state index contributed by atoms with van der Waals surface area (Å²) in [5.74, 6) is -2.57. The normalized spacial score (nSPS) is 18.8. The number of nitrogens with one attached hydrogen (secondary N) is 2. The zero-order valence-corrected chi connectivity index (χ0v) is 16.5. The van der Waals surface area contributed by atoms with Crippen molar-refractivity contribution in [3.63, 3.8) is 0 Å².